The molecule has 0 saturated carbocycles. The Morgan fingerprint density at radius 1 is 1.65 bits per heavy atom. The van der Waals surface area contributed by atoms with Crippen LogP contribution in [0.3, 0.4) is 0 Å². The van der Waals surface area contributed by atoms with Gasteiger partial charge in [-0.1, -0.05) is 0 Å². The largest absolute Gasteiger partial charge is 0.462 e. The summed E-state index contributed by atoms with van der Waals surface area (Å²) in [5.74, 6) is 0.117. The van der Waals surface area contributed by atoms with E-state index in [-0.39, 0.29) is 12.1 Å². The molecular weight excluding hydrogens is 258 g/mol. The van der Waals surface area contributed by atoms with Gasteiger partial charge in [-0.2, -0.15) is 0 Å². The van der Waals surface area contributed by atoms with Gasteiger partial charge in [-0.25, -0.2) is 9.78 Å². The second-order valence-corrected chi connectivity index (χ2v) is 4.93. The van der Waals surface area contributed by atoms with E-state index in [2.05, 4.69) is 10.3 Å². The molecule has 1 aromatic heterocycles. The molecule has 0 aliphatic carbocycles. The fourth-order valence-electron chi connectivity index (χ4n) is 2.28. The Balaban J connectivity index is 2.15. The van der Waals surface area contributed by atoms with Crippen LogP contribution in [0.1, 0.15) is 37.0 Å². The molecule has 0 aromatic carbocycles. The number of nitrogens with one attached hydrogen (secondary N) is 1. The number of esters is 1. The number of anilines is 2. The maximum atomic E-state index is 11.9. The molecule has 3 N–H and O–H groups in total. The fourth-order valence-corrected chi connectivity index (χ4v) is 2.28. The molecule has 0 radical (unpaired) electrons. The molecule has 2 unspecified atom stereocenters. The van der Waals surface area contributed by atoms with Crippen molar-refractivity contribution in [3.05, 3.63) is 17.8 Å². The van der Waals surface area contributed by atoms with Crippen molar-refractivity contribution in [3.63, 3.8) is 0 Å². The monoisotopic (exact) mass is 279 g/mol. The van der Waals surface area contributed by atoms with Gasteiger partial charge in [0.05, 0.1) is 24.6 Å². The molecule has 1 fully saturated rings. The number of aromatic nitrogens is 1. The molecule has 2 atom stereocenters. The maximum absolute atomic E-state index is 11.9. The molecule has 0 amide bonds. The van der Waals surface area contributed by atoms with Crippen LogP contribution >= 0.6 is 0 Å². The van der Waals surface area contributed by atoms with Crippen LogP contribution in [-0.4, -0.2) is 36.3 Å². The standard InChI is InChI=1S/C14H21N3O3/c1-3-19-14(18)12-7-10(15)8-16-13(12)17-11-4-5-20-9(2)6-11/h7-9,11H,3-6,15H2,1-2H3,(H,16,17). The number of hydrogen-bond acceptors (Lipinski definition) is 6. The molecule has 0 spiro atoms. The van der Waals surface area contributed by atoms with Gasteiger partial charge in [0, 0.05) is 12.6 Å². The number of nitrogen functional groups attached to an aromatic ring is 1. The number of pyridine rings is 1. The molecule has 2 rings (SSSR count). The first-order valence-electron chi connectivity index (χ1n) is 6.91. The van der Waals surface area contributed by atoms with Crippen LogP contribution in [0, 0.1) is 0 Å². The van der Waals surface area contributed by atoms with E-state index < -0.39 is 5.97 Å². The van der Waals surface area contributed by atoms with Crippen molar-refractivity contribution in [2.45, 2.75) is 38.8 Å². The Labute approximate surface area is 118 Å². The van der Waals surface area contributed by atoms with Crippen molar-refractivity contribution in [2.24, 2.45) is 0 Å². The summed E-state index contributed by atoms with van der Waals surface area (Å²) in [5, 5.41) is 3.30. The number of nitrogens with two attached hydrogens (primary N) is 1. The Hall–Kier alpha value is -1.82. The van der Waals surface area contributed by atoms with Crippen LogP contribution in [0.5, 0.6) is 0 Å². The quantitative estimate of drug-likeness (QED) is 0.818. The van der Waals surface area contributed by atoms with Gasteiger partial charge in [0.2, 0.25) is 0 Å². The van der Waals surface area contributed by atoms with Gasteiger partial charge >= 0.3 is 5.97 Å². The third kappa shape index (κ3) is 3.60. The first-order valence-corrected chi connectivity index (χ1v) is 6.91. The van der Waals surface area contributed by atoms with E-state index in [1.54, 1.807) is 13.0 Å². The normalized spacial score (nSPS) is 22.3. The SMILES string of the molecule is CCOC(=O)c1cc(N)cnc1NC1CCOC(C)C1. The minimum Gasteiger partial charge on any atom is -0.462 e. The minimum absolute atomic E-state index is 0.209. The van der Waals surface area contributed by atoms with Gasteiger partial charge in [-0.05, 0) is 32.8 Å². The van der Waals surface area contributed by atoms with Crippen LogP contribution in [0.4, 0.5) is 11.5 Å². The summed E-state index contributed by atoms with van der Waals surface area (Å²) in [4.78, 5) is 16.2. The van der Waals surface area contributed by atoms with Crippen LogP contribution in [-0.2, 0) is 9.47 Å². The second-order valence-electron chi connectivity index (χ2n) is 4.93. The highest BCUT2D eigenvalue weighted by Crippen LogP contribution is 2.22. The van der Waals surface area contributed by atoms with E-state index in [9.17, 15) is 4.79 Å². The molecule has 1 aliphatic rings. The average Bonchev–Trinajstić information content (AvgIpc) is 2.41. The lowest BCUT2D eigenvalue weighted by Gasteiger charge is -2.28. The van der Waals surface area contributed by atoms with Crippen LogP contribution in [0.25, 0.3) is 0 Å². The Morgan fingerprint density at radius 2 is 2.45 bits per heavy atom. The van der Waals surface area contributed by atoms with Gasteiger partial charge in [0.1, 0.15) is 11.4 Å². The Morgan fingerprint density at radius 3 is 3.15 bits per heavy atom. The number of carbonyl (C=O) groups excluding carboxylic acids is 1. The van der Waals surface area contributed by atoms with Crippen molar-refractivity contribution < 1.29 is 14.3 Å². The first-order chi connectivity index (χ1) is 9.60. The molecule has 20 heavy (non-hydrogen) atoms. The Kier molecular flexibility index (Phi) is 4.79. The zero-order valence-corrected chi connectivity index (χ0v) is 11.9. The first kappa shape index (κ1) is 14.6. The van der Waals surface area contributed by atoms with Gasteiger partial charge in [-0.15, -0.1) is 0 Å². The second kappa shape index (κ2) is 6.56. The number of hydrogen-bond donors (Lipinski definition) is 2. The molecule has 1 aliphatic heterocycles. The molecule has 6 nitrogen and oxygen atoms in total. The lowest BCUT2D eigenvalue weighted by Crippen LogP contribution is -2.33. The van der Waals surface area contributed by atoms with Crippen molar-refractivity contribution in [2.75, 3.05) is 24.3 Å². The molecule has 0 bridgehead atoms. The molecule has 1 saturated heterocycles. The summed E-state index contributed by atoms with van der Waals surface area (Å²) in [6.45, 7) is 4.84. The minimum atomic E-state index is -0.407. The average molecular weight is 279 g/mol. The third-order valence-electron chi connectivity index (χ3n) is 3.23. The highest BCUT2D eigenvalue weighted by atomic mass is 16.5. The molecule has 2 heterocycles. The summed E-state index contributed by atoms with van der Waals surface area (Å²) in [6.07, 6.45) is 3.52. The predicted molar refractivity (Wildman–Crippen MR) is 76.7 cm³/mol. The highest BCUT2D eigenvalue weighted by molar-refractivity contribution is 5.95. The Bertz CT molecular complexity index is 479. The van der Waals surface area contributed by atoms with Gasteiger partial charge < -0.3 is 20.5 Å². The predicted octanol–water partition coefficient (Wildman–Crippen LogP) is 1.82. The fraction of sp³-hybridized carbons (Fsp3) is 0.571. The van der Waals surface area contributed by atoms with E-state index in [0.717, 1.165) is 12.8 Å². The van der Waals surface area contributed by atoms with Crippen molar-refractivity contribution in [1.29, 1.82) is 0 Å². The summed E-state index contributed by atoms with van der Waals surface area (Å²) in [6, 6.07) is 1.83. The van der Waals surface area contributed by atoms with Crippen molar-refractivity contribution in [1.82, 2.24) is 4.98 Å². The van der Waals surface area contributed by atoms with Gasteiger partial charge in [0.25, 0.3) is 0 Å². The van der Waals surface area contributed by atoms with E-state index in [4.69, 9.17) is 15.2 Å². The smallest absolute Gasteiger partial charge is 0.341 e. The summed E-state index contributed by atoms with van der Waals surface area (Å²) < 4.78 is 10.5. The van der Waals surface area contributed by atoms with E-state index in [1.807, 2.05) is 6.92 Å². The van der Waals surface area contributed by atoms with Gasteiger partial charge in [-0.3, -0.25) is 0 Å². The summed E-state index contributed by atoms with van der Waals surface area (Å²) in [5.41, 5.74) is 6.52. The summed E-state index contributed by atoms with van der Waals surface area (Å²) in [7, 11) is 0. The zero-order chi connectivity index (χ0) is 14.5. The molecule has 1 aromatic rings. The molecule has 110 valence electrons. The number of carbonyl (C=O) groups is 1. The molecule has 6 heteroatoms. The van der Waals surface area contributed by atoms with Crippen LogP contribution in [0.15, 0.2) is 12.3 Å². The van der Waals surface area contributed by atoms with E-state index in [0.29, 0.717) is 30.3 Å². The number of ether oxygens (including phenoxy) is 2. The third-order valence-corrected chi connectivity index (χ3v) is 3.23. The van der Waals surface area contributed by atoms with Gasteiger partial charge in [0.15, 0.2) is 0 Å². The van der Waals surface area contributed by atoms with Crippen LogP contribution < -0.4 is 11.1 Å². The van der Waals surface area contributed by atoms with E-state index >= 15 is 0 Å². The lowest BCUT2D eigenvalue weighted by atomic mass is 10.0. The maximum Gasteiger partial charge on any atom is 0.341 e. The van der Waals surface area contributed by atoms with Crippen molar-refractivity contribution in [3.8, 4) is 0 Å². The number of nitrogens with zero attached hydrogens (tertiary/aromatic N) is 1. The van der Waals surface area contributed by atoms with E-state index in [1.165, 1.54) is 6.20 Å². The molecular formula is C14H21N3O3. The topological polar surface area (TPSA) is 86.5 Å². The van der Waals surface area contributed by atoms with Crippen molar-refractivity contribution >= 4 is 17.5 Å². The highest BCUT2D eigenvalue weighted by Gasteiger charge is 2.22. The zero-order valence-electron chi connectivity index (χ0n) is 11.9. The summed E-state index contributed by atoms with van der Waals surface area (Å²) >= 11 is 0. The number of rotatable bonds is 4. The van der Waals surface area contributed by atoms with Crippen LogP contribution in [0.2, 0.25) is 0 Å². The lowest BCUT2D eigenvalue weighted by molar-refractivity contribution is 0.0231.